The van der Waals surface area contributed by atoms with E-state index < -0.39 is 5.91 Å². The van der Waals surface area contributed by atoms with Gasteiger partial charge < -0.3 is 4.42 Å². The first-order chi connectivity index (χ1) is 10.7. The highest BCUT2D eigenvalue weighted by molar-refractivity contribution is 8.18. The highest BCUT2D eigenvalue weighted by Gasteiger charge is 2.25. The van der Waals surface area contributed by atoms with E-state index in [-0.39, 0.29) is 5.24 Å². The van der Waals surface area contributed by atoms with Crippen LogP contribution in [0.25, 0.3) is 28.2 Å². The molecule has 1 saturated heterocycles. The Morgan fingerprint density at radius 2 is 2.14 bits per heavy atom. The minimum absolute atomic E-state index is 0.307. The molecule has 1 aliphatic heterocycles. The number of H-pyrrole nitrogens is 1. The molecule has 1 fully saturated rings. The number of aromatic amines is 1. The highest BCUT2D eigenvalue weighted by atomic mass is 32.2. The van der Waals surface area contributed by atoms with Crippen molar-refractivity contribution < 1.29 is 14.0 Å². The third-order valence-corrected chi connectivity index (χ3v) is 3.98. The van der Waals surface area contributed by atoms with Gasteiger partial charge in [0.1, 0.15) is 11.3 Å². The first-order valence-electron chi connectivity index (χ1n) is 6.32. The van der Waals surface area contributed by atoms with Gasteiger partial charge in [-0.3, -0.25) is 25.0 Å². The molecule has 0 saturated carbocycles. The molecule has 0 bridgehead atoms. The molecular weight excluding hydrogens is 304 g/mol. The second-order valence-corrected chi connectivity index (χ2v) is 5.61. The topological polar surface area (TPSA) is 101 Å². The normalized spacial score (nSPS) is 16.6. The second kappa shape index (κ2) is 4.85. The van der Waals surface area contributed by atoms with Crippen molar-refractivity contribution in [2.75, 3.05) is 0 Å². The van der Waals surface area contributed by atoms with Crippen LogP contribution in [0.15, 0.2) is 40.2 Å². The third kappa shape index (κ3) is 2.09. The predicted molar refractivity (Wildman–Crippen MR) is 80.7 cm³/mol. The quantitative estimate of drug-likeness (QED) is 0.705. The van der Waals surface area contributed by atoms with E-state index in [9.17, 15) is 9.59 Å². The third-order valence-electron chi connectivity index (χ3n) is 3.17. The van der Waals surface area contributed by atoms with E-state index in [1.54, 1.807) is 36.9 Å². The molecule has 0 spiro atoms. The number of thioether (sulfide) groups is 1. The van der Waals surface area contributed by atoms with Crippen molar-refractivity contribution in [1.29, 1.82) is 0 Å². The summed E-state index contributed by atoms with van der Waals surface area (Å²) in [5.74, 6) is 0.0729. The zero-order valence-electron chi connectivity index (χ0n) is 11.0. The fraction of sp³-hybridized carbons (Fsp3) is 0. The van der Waals surface area contributed by atoms with Crippen LogP contribution in [-0.2, 0) is 4.79 Å². The maximum Gasteiger partial charge on any atom is 0.290 e. The van der Waals surface area contributed by atoms with Crippen LogP contribution >= 0.6 is 11.8 Å². The van der Waals surface area contributed by atoms with Gasteiger partial charge in [-0.15, -0.1) is 0 Å². The highest BCUT2D eigenvalue weighted by Crippen LogP contribution is 2.32. The van der Waals surface area contributed by atoms with Crippen LogP contribution in [0.1, 0.15) is 5.76 Å². The lowest BCUT2D eigenvalue weighted by atomic mass is 10.1. The Morgan fingerprint density at radius 3 is 2.86 bits per heavy atom. The lowest BCUT2D eigenvalue weighted by molar-refractivity contribution is -0.115. The van der Waals surface area contributed by atoms with Crippen LogP contribution in [-0.4, -0.2) is 26.3 Å². The lowest BCUT2D eigenvalue weighted by Gasteiger charge is -1.96. The van der Waals surface area contributed by atoms with Gasteiger partial charge in [0, 0.05) is 41.2 Å². The van der Waals surface area contributed by atoms with E-state index in [4.69, 9.17) is 4.42 Å². The van der Waals surface area contributed by atoms with Gasteiger partial charge in [-0.2, -0.15) is 5.10 Å². The molecule has 0 atom stereocenters. The Kier molecular flexibility index (Phi) is 2.83. The van der Waals surface area contributed by atoms with Crippen LogP contribution in [0.5, 0.6) is 0 Å². The first kappa shape index (κ1) is 12.8. The minimum atomic E-state index is -0.413. The SMILES string of the molecule is O=C1NC(=O)/C(=C\c2cc3cncc(-c4cn[nH]c4)c3o2)S1. The number of aromatic nitrogens is 3. The van der Waals surface area contributed by atoms with E-state index in [0.29, 0.717) is 16.2 Å². The minimum Gasteiger partial charge on any atom is -0.456 e. The monoisotopic (exact) mass is 312 g/mol. The summed E-state index contributed by atoms with van der Waals surface area (Å²) in [6, 6.07) is 1.77. The Morgan fingerprint density at radius 1 is 1.23 bits per heavy atom. The number of pyridine rings is 1. The van der Waals surface area contributed by atoms with Gasteiger partial charge >= 0.3 is 0 Å². The average molecular weight is 312 g/mol. The maximum atomic E-state index is 11.6. The summed E-state index contributed by atoms with van der Waals surface area (Å²) in [5.41, 5.74) is 2.31. The molecule has 108 valence electrons. The summed E-state index contributed by atoms with van der Waals surface area (Å²) in [7, 11) is 0. The molecule has 3 aromatic rings. The average Bonchev–Trinajstić information content (AvgIpc) is 3.19. The number of hydrogen-bond acceptors (Lipinski definition) is 6. The number of fused-ring (bicyclic) bond motifs is 1. The molecule has 22 heavy (non-hydrogen) atoms. The van der Waals surface area contributed by atoms with Gasteiger partial charge in [-0.25, -0.2) is 0 Å². The second-order valence-electron chi connectivity index (χ2n) is 4.59. The van der Waals surface area contributed by atoms with Crippen LogP contribution in [0.3, 0.4) is 0 Å². The summed E-state index contributed by atoms with van der Waals surface area (Å²) in [5, 5.41) is 9.29. The maximum absolute atomic E-state index is 11.6. The largest absolute Gasteiger partial charge is 0.456 e. The van der Waals surface area contributed by atoms with E-state index in [0.717, 1.165) is 28.3 Å². The van der Waals surface area contributed by atoms with Crippen molar-refractivity contribution in [3.8, 4) is 11.1 Å². The molecule has 4 rings (SSSR count). The van der Waals surface area contributed by atoms with E-state index in [1.165, 1.54) is 0 Å². The standard InChI is InChI=1S/C14H8N4O3S/c19-13-11(22-14(20)18-13)2-9-1-7-3-15-6-10(12(7)21-9)8-4-16-17-5-8/h1-6H,(H,16,17)(H,18,19,20)/b11-2+. The Bertz CT molecular complexity index is 927. The van der Waals surface area contributed by atoms with Gasteiger partial charge in [0.25, 0.3) is 11.1 Å². The Balaban J connectivity index is 1.82. The first-order valence-corrected chi connectivity index (χ1v) is 7.14. The van der Waals surface area contributed by atoms with Crippen LogP contribution < -0.4 is 5.32 Å². The number of carbonyl (C=O) groups is 2. The van der Waals surface area contributed by atoms with Crippen molar-refractivity contribution >= 4 is 40.0 Å². The van der Waals surface area contributed by atoms with Gasteiger partial charge in [0.2, 0.25) is 0 Å². The van der Waals surface area contributed by atoms with E-state index in [1.807, 2.05) is 0 Å². The zero-order chi connectivity index (χ0) is 15.1. The van der Waals surface area contributed by atoms with Crippen molar-refractivity contribution in [3.63, 3.8) is 0 Å². The van der Waals surface area contributed by atoms with Crippen molar-refractivity contribution in [3.05, 3.63) is 41.5 Å². The predicted octanol–water partition coefficient (Wildman–Crippen LogP) is 2.54. The molecule has 8 heteroatoms. The summed E-state index contributed by atoms with van der Waals surface area (Å²) in [6.07, 6.45) is 8.34. The molecule has 0 unspecified atom stereocenters. The van der Waals surface area contributed by atoms with Gasteiger partial charge in [0.15, 0.2) is 0 Å². The number of furan rings is 1. The fourth-order valence-corrected chi connectivity index (χ4v) is 2.87. The fourth-order valence-electron chi connectivity index (χ4n) is 2.21. The van der Waals surface area contributed by atoms with Crippen molar-refractivity contribution in [2.24, 2.45) is 0 Å². The molecule has 4 heterocycles. The summed E-state index contributed by atoms with van der Waals surface area (Å²) in [6.45, 7) is 0. The molecule has 0 radical (unpaired) electrons. The zero-order valence-corrected chi connectivity index (χ0v) is 11.8. The Hall–Kier alpha value is -2.87. The van der Waals surface area contributed by atoms with Gasteiger partial charge in [0.05, 0.1) is 11.1 Å². The number of imide groups is 1. The molecule has 0 aromatic carbocycles. The molecule has 2 N–H and O–H groups in total. The number of nitrogens with zero attached hydrogens (tertiary/aromatic N) is 2. The summed E-state index contributed by atoms with van der Waals surface area (Å²) in [4.78, 5) is 27.2. The van der Waals surface area contributed by atoms with E-state index in [2.05, 4.69) is 20.5 Å². The Labute approximate surface area is 127 Å². The molecule has 2 amide bonds. The number of nitrogens with one attached hydrogen (secondary N) is 2. The van der Waals surface area contributed by atoms with Crippen LogP contribution in [0.2, 0.25) is 0 Å². The van der Waals surface area contributed by atoms with Crippen molar-refractivity contribution in [2.45, 2.75) is 0 Å². The van der Waals surface area contributed by atoms with Gasteiger partial charge in [-0.05, 0) is 17.8 Å². The van der Waals surface area contributed by atoms with Gasteiger partial charge in [-0.1, -0.05) is 0 Å². The number of carbonyl (C=O) groups excluding carboxylic acids is 2. The van der Waals surface area contributed by atoms with Crippen LogP contribution in [0.4, 0.5) is 4.79 Å². The summed E-state index contributed by atoms with van der Waals surface area (Å²) < 4.78 is 5.81. The molecule has 7 nitrogen and oxygen atoms in total. The smallest absolute Gasteiger partial charge is 0.290 e. The summed E-state index contributed by atoms with van der Waals surface area (Å²) >= 11 is 0.851. The number of hydrogen-bond donors (Lipinski definition) is 2. The molecule has 1 aliphatic rings. The number of rotatable bonds is 2. The molecule has 0 aliphatic carbocycles. The molecule has 3 aromatic heterocycles. The lowest BCUT2D eigenvalue weighted by Crippen LogP contribution is -2.17. The number of amides is 2. The molecular formula is C14H8N4O3S. The van der Waals surface area contributed by atoms with E-state index >= 15 is 0 Å². The van der Waals surface area contributed by atoms with Crippen LogP contribution in [0, 0.1) is 0 Å². The van der Waals surface area contributed by atoms with Crippen molar-refractivity contribution in [1.82, 2.24) is 20.5 Å².